The number of hydrogen-bond acceptors (Lipinski definition) is 3. The number of carbonyl (C=O) groups is 1. The number of rotatable bonds is 1. The number of fused-ring (bicyclic) bond motifs is 1. The van der Waals surface area contributed by atoms with Gasteiger partial charge < -0.3 is 9.47 Å². The molecule has 3 heteroatoms. The molecular formula is C7H10O3. The van der Waals surface area contributed by atoms with Crippen molar-refractivity contribution in [3.05, 3.63) is 0 Å². The second-order valence-electron chi connectivity index (χ2n) is 2.84. The van der Waals surface area contributed by atoms with Gasteiger partial charge in [0, 0.05) is 12.5 Å². The summed E-state index contributed by atoms with van der Waals surface area (Å²) in [6.07, 6.45) is 1.23. The van der Waals surface area contributed by atoms with E-state index in [2.05, 4.69) is 4.74 Å². The van der Waals surface area contributed by atoms with Crippen LogP contribution in [0.1, 0.15) is 6.42 Å². The van der Waals surface area contributed by atoms with Gasteiger partial charge in [-0.3, -0.25) is 4.79 Å². The Kier molecular flexibility index (Phi) is 1.20. The summed E-state index contributed by atoms with van der Waals surface area (Å²) in [6.45, 7) is 0.822. The summed E-state index contributed by atoms with van der Waals surface area (Å²) in [5, 5.41) is 0. The third kappa shape index (κ3) is 0.669. The molecule has 2 fully saturated rings. The summed E-state index contributed by atoms with van der Waals surface area (Å²) < 4.78 is 9.85. The van der Waals surface area contributed by atoms with Crippen LogP contribution >= 0.6 is 0 Å². The fourth-order valence-electron chi connectivity index (χ4n) is 1.70. The molecule has 3 atom stereocenters. The predicted molar refractivity (Wildman–Crippen MR) is 33.4 cm³/mol. The van der Waals surface area contributed by atoms with E-state index in [-0.39, 0.29) is 18.0 Å². The molecule has 0 aromatic heterocycles. The lowest BCUT2D eigenvalue weighted by molar-refractivity contribution is -0.143. The van der Waals surface area contributed by atoms with Crippen LogP contribution in [0.15, 0.2) is 0 Å². The summed E-state index contributed by atoms with van der Waals surface area (Å²) >= 11 is 0. The largest absolute Gasteiger partial charge is 0.469 e. The molecule has 0 aromatic carbocycles. The first kappa shape index (κ1) is 6.16. The van der Waals surface area contributed by atoms with Crippen LogP contribution in [0, 0.1) is 11.8 Å². The quantitative estimate of drug-likeness (QED) is 0.490. The van der Waals surface area contributed by atoms with E-state index in [4.69, 9.17) is 4.74 Å². The van der Waals surface area contributed by atoms with Crippen molar-refractivity contribution in [1.82, 2.24) is 0 Å². The van der Waals surface area contributed by atoms with Gasteiger partial charge in [0.25, 0.3) is 0 Å². The summed E-state index contributed by atoms with van der Waals surface area (Å²) in [6, 6.07) is 0. The minimum atomic E-state index is -0.102. The molecule has 0 amide bonds. The summed E-state index contributed by atoms with van der Waals surface area (Å²) in [5.74, 6) is 0.445. The van der Waals surface area contributed by atoms with Crippen LogP contribution in [0.5, 0.6) is 0 Å². The zero-order chi connectivity index (χ0) is 7.14. The molecule has 1 saturated carbocycles. The van der Waals surface area contributed by atoms with Gasteiger partial charge in [-0.2, -0.15) is 0 Å². The minimum Gasteiger partial charge on any atom is -0.469 e. The zero-order valence-corrected chi connectivity index (χ0v) is 5.87. The van der Waals surface area contributed by atoms with Gasteiger partial charge in [-0.25, -0.2) is 0 Å². The first-order valence-electron chi connectivity index (χ1n) is 3.54. The van der Waals surface area contributed by atoms with Gasteiger partial charge in [0.15, 0.2) is 0 Å². The number of methoxy groups -OCH3 is 1. The molecule has 0 unspecified atom stereocenters. The topological polar surface area (TPSA) is 35.5 Å². The Morgan fingerprint density at radius 1 is 1.70 bits per heavy atom. The van der Waals surface area contributed by atoms with Crippen molar-refractivity contribution in [3.63, 3.8) is 0 Å². The van der Waals surface area contributed by atoms with Crippen LogP contribution in [0.3, 0.4) is 0 Å². The first-order chi connectivity index (χ1) is 4.84. The molecule has 0 aromatic rings. The lowest BCUT2D eigenvalue weighted by atomic mass is 10.2. The van der Waals surface area contributed by atoms with E-state index in [1.165, 1.54) is 7.11 Å². The number of ether oxygens (including phenoxy) is 2. The van der Waals surface area contributed by atoms with E-state index in [9.17, 15) is 4.79 Å². The Hall–Kier alpha value is -0.570. The Balaban J connectivity index is 1.94. The van der Waals surface area contributed by atoms with Crippen LogP contribution in [0.4, 0.5) is 0 Å². The van der Waals surface area contributed by atoms with Gasteiger partial charge >= 0.3 is 5.97 Å². The van der Waals surface area contributed by atoms with Crippen molar-refractivity contribution in [1.29, 1.82) is 0 Å². The molecule has 56 valence electrons. The molecule has 1 aliphatic heterocycles. The summed E-state index contributed by atoms with van der Waals surface area (Å²) in [7, 11) is 1.43. The van der Waals surface area contributed by atoms with Crippen molar-refractivity contribution < 1.29 is 14.3 Å². The van der Waals surface area contributed by atoms with E-state index in [0.29, 0.717) is 5.92 Å². The SMILES string of the molecule is COC(=O)[C@@H]1[C@@H]2CCO[C@@H]21. The van der Waals surface area contributed by atoms with Crippen molar-refractivity contribution in [2.45, 2.75) is 12.5 Å². The molecule has 0 N–H and O–H groups in total. The highest BCUT2D eigenvalue weighted by molar-refractivity contribution is 5.77. The van der Waals surface area contributed by atoms with E-state index in [0.717, 1.165) is 13.0 Å². The highest BCUT2D eigenvalue weighted by atomic mass is 16.5. The third-order valence-corrected chi connectivity index (χ3v) is 2.33. The molecule has 10 heavy (non-hydrogen) atoms. The number of esters is 1. The fraction of sp³-hybridized carbons (Fsp3) is 0.857. The summed E-state index contributed by atoms with van der Waals surface area (Å²) in [4.78, 5) is 10.9. The van der Waals surface area contributed by atoms with Gasteiger partial charge in [0.2, 0.25) is 0 Å². The van der Waals surface area contributed by atoms with Crippen LogP contribution < -0.4 is 0 Å². The number of hydrogen-bond donors (Lipinski definition) is 0. The maximum Gasteiger partial charge on any atom is 0.311 e. The van der Waals surface area contributed by atoms with Gasteiger partial charge in [0.1, 0.15) is 0 Å². The van der Waals surface area contributed by atoms with E-state index >= 15 is 0 Å². The maximum absolute atomic E-state index is 10.9. The first-order valence-corrected chi connectivity index (χ1v) is 3.54. The smallest absolute Gasteiger partial charge is 0.311 e. The monoisotopic (exact) mass is 142 g/mol. The highest BCUT2D eigenvalue weighted by Gasteiger charge is 2.59. The third-order valence-electron chi connectivity index (χ3n) is 2.33. The van der Waals surface area contributed by atoms with Crippen molar-refractivity contribution in [3.8, 4) is 0 Å². The second kappa shape index (κ2) is 1.95. The average molecular weight is 142 g/mol. The van der Waals surface area contributed by atoms with E-state index < -0.39 is 0 Å². The lowest BCUT2D eigenvalue weighted by Crippen LogP contribution is -2.10. The molecule has 2 aliphatic rings. The van der Waals surface area contributed by atoms with Crippen LogP contribution in [-0.2, 0) is 14.3 Å². The molecule has 1 aliphatic carbocycles. The second-order valence-corrected chi connectivity index (χ2v) is 2.84. The highest BCUT2D eigenvalue weighted by Crippen LogP contribution is 2.49. The van der Waals surface area contributed by atoms with Crippen LogP contribution in [0.25, 0.3) is 0 Å². The van der Waals surface area contributed by atoms with Crippen LogP contribution in [-0.4, -0.2) is 25.8 Å². The molecule has 0 radical (unpaired) electrons. The van der Waals surface area contributed by atoms with Gasteiger partial charge in [-0.05, 0) is 6.42 Å². The van der Waals surface area contributed by atoms with Gasteiger partial charge in [-0.1, -0.05) is 0 Å². The lowest BCUT2D eigenvalue weighted by Gasteiger charge is -1.99. The molecule has 2 rings (SSSR count). The molecule has 1 heterocycles. The van der Waals surface area contributed by atoms with E-state index in [1.54, 1.807) is 0 Å². The molecule has 3 nitrogen and oxygen atoms in total. The molecule has 0 bridgehead atoms. The van der Waals surface area contributed by atoms with E-state index in [1.807, 2.05) is 0 Å². The standard InChI is InChI=1S/C7H10O3/c1-9-7(8)5-4-2-3-10-6(4)5/h4-6H,2-3H2,1H3/t4-,5+,6-/m0/s1. The Morgan fingerprint density at radius 3 is 3.00 bits per heavy atom. The molecular weight excluding hydrogens is 132 g/mol. The normalized spacial score (nSPS) is 42.7. The van der Waals surface area contributed by atoms with Crippen LogP contribution in [0.2, 0.25) is 0 Å². The predicted octanol–water partition coefficient (Wildman–Crippen LogP) is 0.194. The Labute approximate surface area is 59.3 Å². The minimum absolute atomic E-state index is 0.0683. The zero-order valence-electron chi connectivity index (χ0n) is 5.87. The Morgan fingerprint density at radius 2 is 2.50 bits per heavy atom. The van der Waals surface area contributed by atoms with Crippen molar-refractivity contribution in [2.75, 3.05) is 13.7 Å². The molecule has 0 spiro atoms. The van der Waals surface area contributed by atoms with Gasteiger partial charge in [-0.15, -0.1) is 0 Å². The maximum atomic E-state index is 10.9. The van der Waals surface area contributed by atoms with Gasteiger partial charge in [0.05, 0.1) is 19.1 Å². The Bertz CT molecular complexity index is 156. The van der Waals surface area contributed by atoms with Crippen molar-refractivity contribution >= 4 is 5.97 Å². The van der Waals surface area contributed by atoms with Crippen molar-refractivity contribution in [2.24, 2.45) is 11.8 Å². The summed E-state index contributed by atoms with van der Waals surface area (Å²) in [5.41, 5.74) is 0. The molecule has 1 saturated heterocycles. The number of carbonyl (C=O) groups excluding carboxylic acids is 1. The average Bonchev–Trinajstić information content (AvgIpc) is 2.43. The fourth-order valence-corrected chi connectivity index (χ4v) is 1.70.